The molecular weight excluding hydrogens is 327 g/mol. The molecule has 2 aromatic heterocycles. The van der Waals surface area contributed by atoms with Crippen LogP contribution in [0.5, 0.6) is 11.6 Å². The van der Waals surface area contributed by atoms with E-state index in [1.807, 2.05) is 25.1 Å². The molecule has 0 amide bonds. The zero-order valence-electron chi connectivity index (χ0n) is 11.5. The van der Waals surface area contributed by atoms with Gasteiger partial charge in [0.1, 0.15) is 10.6 Å². The zero-order valence-corrected chi connectivity index (χ0v) is 13.8. The smallest absolute Gasteiger partial charge is 0.232 e. The van der Waals surface area contributed by atoms with E-state index in [0.29, 0.717) is 16.7 Å². The molecule has 0 unspecified atom stereocenters. The quantitative estimate of drug-likeness (QED) is 0.578. The summed E-state index contributed by atoms with van der Waals surface area (Å²) in [5, 5.41) is 1.67. The Bertz CT molecular complexity index is 817. The van der Waals surface area contributed by atoms with Gasteiger partial charge < -0.3 is 4.74 Å². The van der Waals surface area contributed by atoms with Crippen molar-refractivity contribution in [1.82, 2.24) is 9.97 Å². The summed E-state index contributed by atoms with van der Waals surface area (Å²) in [7, 11) is 0. The third-order valence-electron chi connectivity index (χ3n) is 3.09. The predicted molar refractivity (Wildman–Crippen MR) is 88.1 cm³/mol. The maximum Gasteiger partial charge on any atom is 0.232 e. The number of nitrogens with zero attached hydrogens (tertiary/aromatic N) is 2. The van der Waals surface area contributed by atoms with Crippen molar-refractivity contribution in [2.75, 3.05) is 0 Å². The number of hydrogen-bond acceptors (Lipinski definition) is 4. The van der Waals surface area contributed by atoms with E-state index >= 15 is 0 Å². The Labute approximate surface area is 136 Å². The second-order valence-corrected chi connectivity index (χ2v) is 6.48. The number of hydrogen-bond donors (Lipinski definition) is 0. The highest BCUT2D eigenvalue weighted by molar-refractivity contribution is 7.18. The average Bonchev–Trinajstić information content (AvgIpc) is 2.86. The zero-order chi connectivity index (χ0) is 15.0. The molecule has 0 atom stereocenters. The molecule has 3 nitrogen and oxygen atoms in total. The fourth-order valence-corrected chi connectivity index (χ4v) is 3.29. The number of ether oxygens (including phenoxy) is 1. The van der Waals surface area contributed by atoms with Gasteiger partial charge in [0.15, 0.2) is 0 Å². The first-order valence-electron chi connectivity index (χ1n) is 6.46. The van der Waals surface area contributed by atoms with Gasteiger partial charge in [0.25, 0.3) is 0 Å². The minimum Gasteiger partial charge on any atom is -0.438 e. The van der Waals surface area contributed by atoms with Gasteiger partial charge in [0.05, 0.1) is 5.39 Å². The van der Waals surface area contributed by atoms with Crippen LogP contribution < -0.4 is 4.74 Å². The first-order chi connectivity index (χ1) is 10.1. The molecule has 108 valence electrons. The average molecular weight is 339 g/mol. The highest BCUT2D eigenvalue weighted by Crippen LogP contribution is 2.35. The van der Waals surface area contributed by atoms with Crippen LogP contribution in [-0.2, 0) is 6.42 Å². The van der Waals surface area contributed by atoms with E-state index in [9.17, 15) is 0 Å². The van der Waals surface area contributed by atoms with Crippen molar-refractivity contribution < 1.29 is 4.74 Å². The van der Waals surface area contributed by atoms with E-state index in [1.165, 1.54) is 4.88 Å². The summed E-state index contributed by atoms with van der Waals surface area (Å²) in [4.78, 5) is 10.5. The third kappa shape index (κ3) is 2.98. The lowest BCUT2D eigenvalue weighted by Crippen LogP contribution is -1.93. The number of aryl methyl sites for hydroxylation is 2. The van der Waals surface area contributed by atoms with Gasteiger partial charge in [-0.05, 0) is 48.7 Å². The molecule has 2 heterocycles. The Balaban J connectivity index is 2.11. The van der Waals surface area contributed by atoms with E-state index in [-0.39, 0.29) is 5.28 Å². The summed E-state index contributed by atoms with van der Waals surface area (Å²) in [5.74, 6) is 1.13. The van der Waals surface area contributed by atoms with Gasteiger partial charge in [0, 0.05) is 9.90 Å². The number of benzene rings is 1. The van der Waals surface area contributed by atoms with E-state index in [1.54, 1.807) is 17.4 Å². The van der Waals surface area contributed by atoms with Crippen molar-refractivity contribution in [2.45, 2.75) is 20.3 Å². The lowest BCUT2D eigenvalue weighted by molar-refractivity contribution is 0.465. The van der Waals surface area contributed by atoms with Gasteiger partial charge in [-0.25, -0.2) is 4.98 Å². The van der Waals surface area contributed by atoms with E-state index in [2.05, 4.69) is 16.9 Å². The summed E-state index contributed by atoms with van der Waals surface area (Å²) in [6.07, 6.45) is 0.939. The van der Waals surface area contributed by atoms with E-state index < -0.39 is 0 Å². The van der Waals surface area contributed by atoms with Crippen LogP contribution >= 0.6 is 34.5 Å². The molecule has 1 aromatic carbocycles. The molecule has 0 saturated carbocycles. The van der Waals surface area contributed by atoms with Crippen molar-refractivity contribution in [1.29, 1.82) is 0 Å². The number of rotatable bonds is 3. The Morgan fingerprint density at radius 2 is 2.00 bits per heavy atom. The Morgan fingerprint density at radius 1 is 1.19 bits per heavy atom. The Kier molecular flexibility index (Phi) is 4.02. The van der Waals surface area contributed by atoms with Crippen LogP contribution in [0.25, 0.3) is 10.2 Å². The lowest BCUT2D eigenvalue weighted by Gasteiger charge is -2.09. The van der Waals surface area contributed by atoms with Crippen LogP contribution in [0.1, 0.15) is 17.4 Å². The summed E-state index contributed by atoms with van der Waals surface area (Å²) in [6, 6.07) is 7.55. The van der Waals surface area contributed by atoms with Crippen LogP contribution in [0.15, 0.2) is 24.3 Å². The van der Waals surface area contributed by atoms with E-state index in [4.69, 9.17) is 27.9 Å². The standard InChI is InChI=1S/C15H12Cl2N2OS/c1-3-10-7-11-13(18-15(17)19-14(11)21-10)20-12-6-9(16)5-4-8(12)2/h4-7H,3H2,1-2H3. The topological polar surface area (TPSA) is 35.0 Å². The summed E-state index contributed by atoms with van der Waals surface area (Å²) >= 11 is 13.6. The molecular formula is C15H12Cl2N2OS. The maximum atomic E-state index is 6.02. The molecule has 0 bridgehead atoms. The minimum absolute atomic E-state index is 0.182. The van der Waals surface area contributed by atoms with Crippen LogP contribution in [0.3, 0.4) is 0 Å². The first kappa shape index (κ1) is 14.6. The molecule has 0 N–H and O–H groups in total. The third-order valence-corrected chi connectivity index (χ3v) is 4.66. The fraction of sp³-hybridized carbons (Fsp3) is 0.200. The molecule has 6 heteroatoms. The Morgan fingerprint density at radius 3 is 2.76 bits per heavy atom. The van der Waals surface area contributed by atoms with Crippen LogP contribution in [0, 0.1) is 6.92 Å². The summed E-state index contributed by atoms with van der Waals surface area (Å²) in [6.45, 7) is 4.05. The molecule has 0 aliphatic heterocycles. The molecule has 3 aromatic rings. The van der Waals surface area contributed by atoms with Gasteiger partial charge >= 0.3 is 0 Å². The predicted octanol–water partition coefficient (Wildman–Crippen LogP) is 5.66. The van der Waals surface area contributed by atoms with Crippen molar-refractivity contribution in [3.8, 4) is 11.6 Å². The molecule has 3 rings (SSSR count). The summed E-state index contributed by atoms with van der Waals surface area (Å²) in [5.41, 5.74) is 0.980. The van der Waals surface area contributed by atoms with Crippen molar-refractivity contribution >= 4 is 44.8 Å². The highest BCUT2D eigenvalue weighted by Gasteiger charge is 2.13. The molecule has 0 spiro atoms. The number of thiophene rings is 1. The molecule has 0 aliphatic rings. The van der Waals surface area contributed by atoms with Crippen molar-refractivity contribution in [2.24, 2.45) is 0 Å². The number of halogens is 2. The van der Waals surface area contributed by atoms with Gasteiger partial charge in [-0.1, -0.05) is 24.6 Å². The maximum absolute atomic E-state index is 6.02. The Hall–Kier alpha value is -1.36. The van der Waals surface area contributed by atoms with Crippen LogP contribution in [-0.4, -0.2) is 9.97 Å². The molecule has 21 heavy (non-hydrogen) atoms. The second kappa shape index (κ2) is 5.79. The monoisotopic (exact) mass is 338 g/mol. The second-order valence-electron chi connectivity index (χ2n) is 4.59. The van der Waals surface area contributed by atoms with Crippen molar-refractivity contribution in [3.05, 3.63) is 45.0 Å². The number of fused-ring (bicyclic) bond motifs is 1. The first-order valence-corrected chi connectivity index (χ1v) is 8.04. The van der Waals surface area contributed by atoms with Gasteiger partial charge in [-0.15, -0.1) is 11.3 Å². The van der Waals surface area contributed by atoms with Crippen molar-refractivity contribution in [3.63, 3.8) is 0 Å². The fourth-order valence-electron chi connectivity index (χ4n) is 1.96. The minimum atomic E-state index is 0.182. The number of aromatic nitrogens is 2. The summed E-state index contributed by atoms with van der Waals surface area (Å²) < 4.78 is 5.93. The van der Waals surface area contributed by atoms with E-state index in [0.717, 1.165) is 22.2 Å². The normalized spacial score (nSPS) is 11.0. The van der Waals surface area contributed by atoms with Crippen LogP contribution in [0.2, 0.25) is 10.3 Å². The SMILES string of the molecule is CCc1cc2c(Oc3cc(Cl)ccc3C)nc(Cl)nc2s1. The lowest BCUT2D eigenvalue weighted by atomic mass is 10.2. The molecule has 0 aliphatic carbocycles. The van der Waals surface area contributed by atoms with Gasteiger partial charge in [-0.2, -0.15) is 4.98 Å². The molecule has 0 radical (unpaired) electrons. The molecule has 0 saturated heterocycles. The van der Waals surface area contributed by atoms with Gasteiger partial charge in [-0.3, -0.25) is 0 Å². The van der Waals surface area contributed by atoms with Gasteiger partial charge in [0.2, 0.25) is 11.2 Å². The largest absolute Gasteiger partial charge is 0.438 e. The molecule has 0 fully saturated rings. The highest BCUT2D eigenvalue weighted by atomic mass is 35.5. The van der Waals surface area contributed by atoms with Crippen LogP contribution in [0.4, 0.5) is 0 Å².